The van der Waals surface area contributed by atoms with Gasteiger partial charge in [0.1, 0.15) is 12.1 Å². The summed E-state index contributed by atoms with van der Waals surface area (Å²) in [5.41, 5.74) is 0.567. The van der Waals surface area contributed by atoms with Gasteiger partial charge in [-0.15, -0.1) is 0 Å². The monoisotopic (exact) mass is 335 g/mol. The lowest BCUT2D eigenvalue weighted by Gasteiger charge is -2.19. The number of nitrogens with zero attached hydrogens (tertiary/aromatic N) is 1. The molecule has 2 atom stereocenters. The zero-order valence-corrected chi connectivity index (χ0v) is 13.0. The molecule has 1 aromatic rings. The second kappa shape index (κ2) is 7.53. The smallest absolute Gasteiger partial charge is 0.328 e. The summed E-state index contributed by atoms with van der Waals surface area (Å²) in [4.78, 5) is 45.3. The van der Waals surface area contributed by atoms with Crippen LogP contribution in [-0.2, 0) is 25.5 Å². The minimum atomic E-state index is -0.943. The van der Waals surface area contributed by atoms with Crippen molar-refractivity contribution in [2.75, 3.05) is 7.11 Å². The summed E-state index contributed by atoms with van der Waals surface area (Å²) in [5.74, 6) is -1.30. The molecule has 1 aromatic carbocycles. The van der Waals surface area contributed by atoms with Gasteiger partial charge in [0, 0.05) is 25.0 Å². The molecule has 1 aliphatic heterocycles. The van der Waals surface area contributed by atoms with Gasteiger partial charge in [0.25, 0.3) is 5.69 Å². The molecule has 9 nitrogen and oxygen atoms in total. The Balaban J connectivity index is 2.05. The van der Waals surface area contributed by atoms with E-state index in [4.69, 9.17) is 0 Å². The molecule has 0 unspecified atom stereocenters. The second-order valence-corrected chi connectivity index (χ2v) is 5.37. The van der Waals surface area contributed by atoms with Crippen molar-refractivity contribution in [3.8, 4) is 0 Å². The van der Waals surface area contributed by atoms with Crippen LogP contribution in [0.1, 0.15) is 18.4 Å². The average Bonchev–Trinajstić information content (AvgIpc) is 3.00. The van der Waals surface area contributed by atoms with Crippen LogP contribution in [0.3, 0.4) is 0 Å². The topological polar surface area (TPSA) is 128 Å². The Bertz CT molecular complexity index is 658. The molecule has 1 saturated heterocycles. The number of rotatable bonds is 6. The number of hydrogen-bond donors (Lipinski definition) is 2. The van der Waals surface area contributed by atoms with E-state index in [2.05, 4.69) is 15.4 Å². The summed E-state index contributed by atoms with van der Waals surface area (Å²) in [6, 6.07) is 4.06. The molecule has 1 fully saturated rings. The number of carbonyl (C=O) groups is 3. The Morgan fingerprint density at radius 2 is 2.08 bits per heavy atom. The van der Waals surface area contributed by atoms with E-state index < -0.39 is 28.9 Å². The maximum atomic E-state index is 12.1. The van der Waals surface area contributed by atoms with Gasteiger partial charge in [-0.3, -0.25) is 19.7 Å². The van der Waals surface area contributed by atoms with Crippen LogP contribution in [0.15, 0.2) is 24.3 Å². The lowest BCUT2D eigenvalue weighted by atomic mass is 10.0. The van der Waals surface area contributed by atoms with Crippen molar-refractivity contribution in [3.05, 3.63) is 39.9 Å². The Morgan fingerprint density at radius 1 is 1.42 bits per heavy atom. The number of benzene rings is 1. The number of nitro groups is 1. The molecule has 24 heavy (non-hydrogen) atoms. The Hall–Kier alpha value is -2.97. The van der Waals surface area contributed by atoms with Crippen molar-refractivity contribution < 1.29 is 24.0 Å². The van der Waals surface area contributed by atoms with Gasteiger partial charge >= 0.3 is 5.97 Å². The first-order valence-corrected chi connectivity index (χ1v) is 7.31. The zero-order chi connectivity index (χ0) is 17.7. The van der Waals surface area contributed by atoms with Crippen molar-refractivity contribution in [2.24, 2.45) is 0 Å². The van der Waals surface area contributed by atoms with E-state index in [1.807, 2.05) is 0 Å². The van der Waals surface area contributed by atoms with Crippen LogP contribution in [0.4, 0.5) is 5.69 Å². The van der Waals surface area contributed by atoms with E-state index in [0.717, 1.165) is 0 Å². The molecule has 2 rings (SSSR count). The largest absolute Gasteiger partial charge is 0.467 e. The molecule has 1 heterocycles. The highest BCUT2D eigenvalue weighted by atomic mass is 16.6. The Labute approximate surface area is 137 Å². The highest BCUT2D eigenvalue weighted by molar-refractivity contribution is 5.93. The first-order chi connectivity index (χ1) is 11.4. The lowest BCUT2D eigenvalue weighted by Crippen LogP contribution is -2.49. The summed E-state index contributed by atoms with van der Waals surface area (Å²) >= 11 is 0. The molecule has 2 amide bonds. The Kier molecular flexibility index (Phi) is 5.46. The van der Waals surface area contributed by atoms with Gasteiger partial charge in [0.05, 0.1) is 12.0 Å². The summed E-state index contributed by atoms with van der Waals surface area (Å²) in [5, 5.41) is 15.7. The fourth-order valence-corrected chi connectivity index (χ4v) is 2.41. The van der Waals surface area contributed by atoms with Crippen molar-refractivity contribution in [2.45, 2.75) is 31.3 Å². The van der Waals surface area contributed by atoms with Crippen LogP contribution in [0.25, 0.3) is 0 Å². The van der Waals surface area contributed by atoms with E-state index in [1.165, 1.54) is 31.4 Å². The second-order valence-electron chi connectivity index (χ2n) is 5.37. The maximum Gasteiger partial charge on any atom is 0.328 e. The third-order valence-electron chi connectivity index (χ3n) is 3.70. The molecule has 128 valence electrons. The highest BCUT2D eigenvalue weighted by Gasteiger charge is 2.30. The van der Waals surface area contributed by atoms with Crippen LogP contribution in [0, 0.1) is 10.1 Å². The predicted octanol–water partition coefficient (Wildman–Crippen LogP) is 0.0737. The van der Waals surface area contributed by atoms with E-state index >= 15 is 0 Å². The third-order valence-corrected chi connectivity index (χ3v) is 3.70. The van der Waals surface area contributed by atoms with E-state index in [-0.39, 0.29) is 24.4 Å². The molecular formula is C15H17N3O6. The van der Waals surface area contributed by atoms with Crippen LogP contribution >= 0.6 is 0 Å². The van der Waals surface area contributed by atoms with E-state index in [9.17, 15) is 24.5 Å². The summed E-state index contributed by atoms with van der Waals surface area (Å²) < 4.78 is 4.68. The molecule has 0 aromatic heterocycles. The van der Waals surface area contributed by atoms with E-state index in [0.29, 0.717) is 12.0 Å². The number of hydrogen-bond acceptors (Lipinski definition) is 6. The molecule has 0 bridgehead atoms. The zero-order valence-electron chi connectivity index (χ0n) is 13.0. The number of esters is 1. The number of nitrogens with one attached hydrogen (secondary N) is 2. The van der Waals surface area contributed by atoms with Crippen molar-refractivity contribution in [1.29, 1.82) is 0 Å². The van der Waals surface area contributed by atoms with Crippen LogP contribution in [0.2, 0.25) is 0 Å². The van der Waals surface area contributed by atoms with Gasteiger partial charge in [-0.1, -0.05) is 12.1 Å². The molecule has 0 spiro atoms. The summed E-state index contributed by atoms with van der Waals surface area (Å²) in [7, 11) is 1.20. The highest BCUT2D eigenvalue weighted by Crippen LogP contribution is 2.14. The van der Waals surface area contributed by atoms with Gasteiger partial charge in [0.15, 0.2) is 0 Å². The first-order valence-electron chi connectivity index (χ1n) is 7.31. The van der Waals surface area contributed by atoms with Gasteiger partial charge in [0.2, 0.25) is 11.8 Å². The normalized spacial score (nSPS) is 17.7. The van der Waals surface area contributed by atoms with Crippen molar-refractivity contribution in [1.82, 2.24) is 10.6 Å². The molecule has 9 heteroatoms. The fourth-order valence-electron chi connectivity index (χ4n) is 2.41. The lowest BCUT2D eigenvalue weighted by molar-refractivity contribution is -0.384. The average molecular weight is 335 g/mol. The van der Waals surface area contributed by atoms with Gasteiger partial charge in [-0.25, -0.2) is 4.79 Å². The minimum absolute atomic E-state index is 0.0638. The summed E-state index contributed by atoms with van der Waals surface area (Å²) in [6.45, 7) is 0. The minimum Gasteiger partial charge on any atom is -0.467 e. The Morgan fingerprint density at radius 3 is 2.58 bits per heavy atom. The van der Waals surface area contributed by atoms with Crippen LogP contribution in [0.5, 0.6) is 0 Å². The van der Waals surface area contributed by atoms with Crippen LogP contribution < -0.4 is 10.6 Å². The number of methoxy groups -OCH3 is 1. The first kappa shape index (κ1) is 17.4. The molecule has 0 saturated carbocycles. The van der Waals surface area contributed by atoms with Crippen molar-refractivity contribution >= 4 is 23.5 Å². The molecule has 0 radical (unpaired) electrons. The quantitative estimate of drug-likeness (QED) is 0.430. The van der Waals surface area contributed by atoms with Gasteiger partial charge in [-0.2, -0.15) is 0 Å². The third kappa shape index (κ3) is 4.28. The molecular weight excluding hydrogens is 318 g/mol. The van der Waals surface area contributed by atoms with Crippen molar-refractivity contribution in [3.63, 3.8) is 0 Å². The fraction of sp³-hybridized carbons (Fsp3) is 0.400. The maximum absolute atomic E-state index is 12.1. The number of ether oxygens (including phenoxy) is 1. The van der Waals surface area contributed by atoms with Gasteiger partial charge < -0.3 is 15.4 Å². The van der Waals surface area contributed by atoms with E-state index in [1.54, 1.807) is 0 Å². The summed E-state index contributed by atoms with van der Waals surface area (Å²) in [6.07, 6.45) is 0.760. The van der Waals surface area contributed by atoms with Gasteiger partial charge in [-0.05, 0) is 12.0 Å². The molecule has 2 N–H and O–H groups in total. The van der Waals surface area contributed by atoms with Crippen LogP contribution in [-0.4, -0.2) is 41.9 Å². The standard InChI is InChI=1S/C15H17N3O6/c1-24-15(21)12(17-14(20)11-6-7-13(19)16-11)8-9-2-4-10(5-3-9)18(22)23/h2-5,11-12H,6-8H2,1H3,(H,16,19)(H,17,20)/t11-,12+/m1/s1. The SMILES string of the molecule is COC(=O)[C@H](Cc1ccc([N+](=O)[O-])cc1)NC(=O)[C@H]1CCC(=O)N1. The number of amides is 2. The predicted molar refractivity (Wildman–Crippen MR) is 81.9 cm³/mol. The molecule has 0 aliphatic carbocycles. The number of nitro benzene ring substituents is 1. The number of carbonyl (C=O) groups excluding carboxylic acids is 3. The number of non-ortho nitro benzene ring substituents is 1. The molecule has 1 aliphatic rings.